The number of hydrogen-bond acceptors (Lipinski definition) is 4. The second kappa shape index (κ2) is 8.75. The molecule has 0 bridgehead atoms. The second-order valence-electron chi connectivity index (χ2n) is 6.91. The molecule has 1 aromatic heterocycles. The lowest BCUT2D eigenvalue weighted by molar-refractivity contribution is -0.134. The van der Waals surface area contributed by atoms with Crippen LogP contribution in [0.4, 0.5) is 0 Å². The van der Waals surface area contributed by atoms with Crippen molar-refractivity contribution in [3.8, 4) is 0 Å². The molecule has 0 radical (unpaired) electrons. The maximum atomic E-state index is 9.55. The number of carboxylic acid groups (broad SMARTS) is 2. The van der Waals surface area contributed by atoms with Crippen molar-refractivity contribution in [1.29, 1.82) is 0 Å². The molecule has 132 valence electrons. The number of carboxylic acids is 2. The van der Waals surface area contributed by atoms with Crippen LogP contribution < -0.4 is 5.19 Å². The van der Waals surface area contributed by atoms with Gasteiger partial charge >= 0.3 is 11.9 Å². The van der Waals surface area contributed by atoms with E-state index in [9.17, 15) is 9.59 Å². The Morgan fingerprint density at radius 3 is 2.21 bits per heavy atom. The number of aromatic nitrogens is 1. The maximum absolute atomic E-state index is 9.55. The highest BCUT2D eigenvalue weighted by molar-refractivity contribution is 6.88. The molecule has 0 aliphatic carbocycles. The van der Waals surface area contributed by atoms with E-state index in [4.69, 9.17) is 10.2 Å². The van der Waals surface area contributed by atoms with Crippen molar-refractivity contribution >= 4 is 25.2 Å². The molecule has 1 saturated heterocycles. The standard InChI is InChI=1S/C13H22N2Si.C4H4O4/c1-15-7-5-6-13(15)11-8-12(10-14-9-11)16(2,3)4;5-3(6)1-2-4(7)8/h8-10,13H,5-7H2,1-4H3;1-2H,(H,5,6)(H,7,8). The van der Waals surface area contributed by atoms with E-state index in [1.54, 1.807) is 0 Å². The fraction of sp³-hybridized carbons (Fsp3) is 0.471. The van der Waals surface area contributed by atoms with E-state index in [0.717, 1.165) is 0 Å². The summed E-state index contributed by atoms with van der Waals surface area (Å²) in [6.07, 6.45) is 7.83. The summed E-state index contributed by atoms with van der Waals surface area (Å²) < 4.78 is 0. The van der Waals surface area contributed by atoms with Crippen molar-refractivity contribution in [3.63, 3.8) is 0 Å². The number of nitrogens with zero attached hydrogens (tertiary/aromatic N) is 2. The third-order valence-corrected chi connectivity index (χ3v) is 5.90. The highest BCUT2D eigenvalue weighted by Gasteiger charge is 2.24. The lowest BCUT2D eigenvalue weighted by atomic mass is 10.1. The molecule has 24 heavy (non-hydrogen) atoms. The van der Waals surface area contributed by atoms with Crippen LogP contribution in [-0.2, 0) is 9.59 Å². The molecule has 6 nitrogen and oxygen atoms in total. The van der Waals surface area contributed by atoms with Gasteiger partial charge in [0, 0.05) is 30.6 Å². The van der Waals surface area contributed by atoms with Crippen molar-refractivity contribution in [2.45, 2.75) is 38.5 Å². The molecule has 7 heteroatoms. The minimum atomic E-state index is -1.26. The van der Waals surface area contributed by atoms with Crippen LogP contribution in [0.2, 0.25) is 19.6 Å². The summed E-state index contributed by atoms with van der Waals surface area (Å²) in [7, 11) is 1.00. The zero-order valence-electron chi connectivity index (χ0n) is 14.7. The van der Waals surface area contributed by atoms with Crippen molar-refractivity contribution in [1.82, 2.24) is 9.88 Å². The Labute approximate surface area is 143 Å². The van der Waals surface area contributed by atoms with Crippen LogP contribution in [0.25, 0.3) is 0 Å². The van der Waals surface area contributed by atoms with Crippen molar-refractivity contribution in [2.24, 2.45) is 0 Å². The summed E-state index contributed by atoms with van der Waals surface area (Å²) in [6.45, 7) is 8.37. The lowest BCUT2D eigenvalue weighted by Crippen LogP contribution is -2.38. The fourth-order valence-corrected chi connectivity index (χ4v) is 3.59. The van der Waals surface area contributed by atoms with Gasteiger partial charge in [0.2, 0.25) is 0 Å². The molecule has 0 saturated carbocycles. The summed E-state index contributed by atoms with van der Waals surface area (Å²) >= 11 is 0. The molecule has 1 fully saturated rings. The lowest BCUT2D eigenvalue weighted by Gasteiger charge is -2.22. The Morgan fingerprint density at radius 2 is 1.79 bits per heavy atom. The van der Waals surface area contributed by atoms with Crippen LogP contribution in [0.5, 0.6) is 0 Å². The molecular formula is C17H26N2O4Si. The normalized spacial score (nSPS) is 18.2. The van der Waals surface area contributed by atoms with Gasteiger partial charge in [0.15, 0.2) is 0 Å². The molecule has 1 aromatic rings. The molecule has 2 heterocycles. The van der Waals surface area contributed by atoms with Gasteiger partial charge < -0.3 is 10.2 Å². The first-order chi connectivity index (χ1) is 11.1. The van der Waals surface area contributed by atoms with E-state index in [1.165, 1.54) is 30.1 Å². The van der Waals surface area contributed by atoms with Gasteiger partial charge in [-0.2, -0.15) is 0 Å². The van der Waals surface area contributed by atoms with E-state index in [0.29, 0.717) is 18.2 Å². The molecule has 1 atom stereocenters. The summed E-state index contributed by atoms with van der Waals surface area (Å²) in [4.78, 5) is 26.0. The first kappa shape index (κ1) is 20.1. The number of rotatable bonds is 4. The van der Waals surface area contributed by atoms with Gasteiger partial charge in [-0.3, -0.25) is 9.88 Å². The largest absolute Gasteiger partial charge is 0.478 e. The van der Waals surface area contributed by atoms with Crippen LogP contribution in [0.15, 0.2) is 30.6 Å². The maximum Gasteiger partial charge on any atom is 0.328 e. The Balaban J connectivity index is 0.000000307. The van der Waals surface area contributed by atoms with E-state index >= 15 is 0 Å². The fourth-order valence-electron chi connectivity index (χ4n) is 2.52. The van der Waals surface area contributed by atoms with Crippen LogP contribution in [0.1, 0.15) is 24.4 Å². The average molecular weight is 350 g/mol. The van der Waals surface area contributed by atoms with Gasteiger partial charge in [-0.05, 0) is 37.2 Å². The van der Waals surface area contributed by atoms with Crippen LogP contribution in [0.3, 0.4) is 0 Å². The van der Waals surface area contributed by atoms with E-state index in [2.05, 4.69) is 55.0 Å². The smallest absolute Gasteiger partial charge is 0.328 e. The van der Waals surface area contributed by atoms with Gasteiger partial charge in [0.1, 0.15) is 0 Å². The summed E-state index contributed by atoms with van der Waals surface area (Å²) in [5, 5.41) is 17.1. The monoisotopic (exact) mass is 350 g/mol. The van der Waals surface area contributed by atoms with Crippen LogP contribution >= 0.6 is 0 Å². The summed E-state index contributed by atoms with van der Waals surface area (Å²) in [6, 6.07) is 3.00. The topological polar surface area (TPSA) is 90.7 Å². The summed E-state index contributed by atoms with van der Waals surface area (Å²) in [5.41, 5.74) is 1.42. The van der Waals surface area contributed by atoms with Gasteiger partial charge in [-0.25, -0.2) is 9.59 Å². The van der Waals surface area contributed by atoms with Gasteiger partial charge in [-0.15, -0.1) is 0 Å². The number of carbonyl (C=O) groups is 2. The average Bonchev–Trinajstić information content (AvgIpc) is 2.91. The van der Waals surface area contributed by atoms with Crippen LogP contribution in [0, 0.1) is 0 Å². The Morgan fingerprint density at radius 1 is 1.21 bits per heavy atom. The number of hydrogen-bond donors (Lipinski definition) is 2. The highest BCUT2D eigenvalue weighted by Crippen LogP contribution is 2.29. The molecule has 2 rings (SSSR count). The van der Waals surface area contributed by atoms with E-state index in [-0.39, 0.29) is 0 Å². The van der Waals surface area contributed by atoms with Gasteiger partial charge in [0.25, 0.3) is 0 Å². The first-order valence-corrected chi connectivity index (χ1v) is 11.4. The molecule has 1 aliphatic rings. The van der Waals surface area contributed by atoms with Crippen molar-refractivity contribution < 1.29 is 19.8 Å². The predicted molar refractivity (Wildman–Crippen MR) is 96.2 cm³/mol. The third-order valence-electron chi connectivity index (χ3n) is 3.90. The third kappa shape index (κ3) is 6.63. The van der Waals surface area contributed by atoms with Gasteiger partial charge in [0.05, 0.1) is 8.07 Å². The minimum Gasteiger partial charge on any atom is -0.478 e. The Kier molecular flexibility index (Phi) is 7.31. The molecule has 1 aliphatic heterocycles. The quantitative estimate of drug-likeness (QED) is 0.638. The highest BCUT2D eigenvalue weighted by atomic mass is 28.3. The van der Waals surface area contributed by atoms with Crippen molar-refractivity contribution in [3.05, 3.63) is 36.2 Å². The summed E-state index contributed by atoms with van der Waals surface area (Å²) in [5.74, 6) is -2.51. The molecule has 0 aromatic carbocycles. The van der Waals surface area contributed by atoms with Gasteiger partial charge in [-0.1, -0.05) is 25.7 Å². The zero-order valence-corrected chi connectivity index (χ0v) is 15.7. The number of likely N-dealkylation sites (tertiary alicyclic amines) is 1. The van der Waals surface area contributed by atoms with Crippen LogP contribution in [-0.4, -0.2) is 53.7 Å². The van der Waals surface area contributed by atoms with Crippen molar-refractivity contribution in [2.75, 3.05) is 13.6 Å². The molecule has 2 N–H and O–H groups in total. The Bertz CT molecular complexity index is 595. The molecule has 0 amide bonds. The first-order valence-electron chi connectivity index (χ1n) is 7.91. The van der Waals surface area contributed by atoms with E-state index < -0.39 is 20.0 Å². The second-order valence-corrected chi connectivity index (χ2v) is 12.0. The zero-order chi connectivity index (χ0) is 18.3. The predicted octanol–water partition coefficient (Wildman–Crippen LogP) is 2.11. The molecular weight excluding hydrogens is 324 g/mol. The molecule has 1 unspecified atom stereocenters. The van der Waals surface area contributed by atoms with E-state index in [1.807, 2.05) is 0 Å². The number of aliphatic carboxylic acids is 2. The molecule has 0 spiro atoms. The number of pyridine rings is 1. The SMILES string of the molecule is CN1CCCC1c1cncc([Si](C)(C)C)c1.O=C(O)C=CC(=O)O. The Hall–Kier alpha value is -1.99. The minimum absolute atomic E-state index is 0.558.